The predicted molar refractivity (Wildman–Crippen MR) is 280 cm³/mol. The third kappa shape index (κ3) is 12.7. The molecule has 26 nitrogen and oxygen atoms in total. The number of hydrogen-bond donors (Lipinski definition) is 6. The Balaban J connectivity index is 0.000000199. The van der Waals surface area contributed by atoms with E-state index in [1.807, 2.05) is 20.5 Å². The molecule has 0 spiro atoms. The second kappa shape index (κ2) is 24.2. The number of carbonyl (C=O) groups excluding carboxylic acids is 5. The van der Waals surface area contributed by atoms with Crippen molar-refractivity contribution in [2.75, 3.05) is 99.2 Å². The Morgan fingerprint density at radius 2 is 1.12 bits per heavy atom. The molecule has 5 amide bonds. The van der Waals surface area contributed by atoms with Gasteiger partial charge in [-0.25, -0.2) is 4.68 Å². The molecule has 0 aliphatic carbocycles. The average molecular weight is 1040 g/mol. The minimum atomic E-state index is -0.779. The van der Waals surface area contributed by atoms with Crippen molar-refractivity contribution in [1.82, 2.24) is 60.5 Å². The van der Waals surface area contributed by atoms with Crippen LogP contribution in [0.1, 0.15) is 91.1 Å². The van der Waals surface area contributed by atoms with Crippen molar-refractivity contribution in [1.29, 1.82) is 0 Å². The van der Waals surface area contributed by atoms with E-state index < -0.39 is 11.8 Å². The molecule has 76 heavy (non-hydrogen) atoms. The summed E-state index contributed by atoms with van der Waals surface area (Å²) in [5, 5.41) is 33.9. The van der Waals surface area contributed by atoms with Gasteiger partial charge in [-0.05, 0) is 98.8 Å². The molecule has 6 aromatic rings. The number of piperidine rings is 2. The lowest BCUT2D eigenvalue weighted by Gasteiger charge is -2.33. The average Bonchev–Trinajstić information content (AvgIpc) is 3.86. The standard InChI is InChI=1S/C30H35N11O4.C20H26N8O3/c1-2-11-41-24-10-7-20(17-23(24)35-38-41)28(43)33-22-4-3-12-40(18-22)30-34-27(25(26(31)42)36-37-30)32-21-8-5-19(6-9-21)29(44)39-13-15-45-16-14-39;21-14-2-1-7-28(12-14)20-24-18(16(17(22)29)25-26-20)23-15-5-3-13(4-6-15)19(30)27-8-10-31-11-9-27/h5-10,17,22H,2-4,11-16,18H2,1H3,(H2,31,42)(H,33,43)(H,32,34,37);3-6,14H,1-2,7-12,21H2,(H2,22,29)(H,23,24,26)/t22-;14-/m11/s1. The van der Waals surface area contributed by atoms with Crippen molar-refractivity contribution in [3.05, 3.63) is 94.8 Å². The minimum absolute atomic E-state index is 0.0416. The van der Waals surface area contributed by atoms with Gasteiger partial charge >= 0.3 is 0 Å². The normalized spacial score (nSPS) is 17.8. The molecule has 4 aliphatic heterocycles. The summed E-state index contributed by atoms with van der Waals surface area (Å²) in [6, 6.07) is 19.1. The highest BCUT2D eigenvalue weighted by atomic mass is 16.5. The van der Waals surface area contributed by atoms with Crippen LogP contribution in [-0.4, -0.2) is 176 Å². The second-order valence-electron chi connectivity index (χ2n) is 18.7. The van der Waals surface area contributed by atoms with Crippen molar-refractivity contribution >= 4 is 75.5 Å². The number of rotatable bonds is 14. The van der Waals surface area contributed by atoms with Crippen LogP contribution in [0, 0.1) is 0 Å². The van der Waals surface area contributed by atoms with Gasteiger partial charge in [0.25, 0.3) is 29.5 Å². The monoisotopic (exact) mass is 1040 g/mol. The Morgan fingerprint density at radius 1 is 0.618 bits per heavy atom. The van der Waals surface area contributed by atoms with Crippen molar-refractivity contribution in [3.63, 3.8) is 0 Å². The number of nitrogens with zero attached hydrogens (tertiary/aromatic N) is 13. The first-order valence-electron chi connectivity index (χ1n) is 25.4. The summed E-state index contributed by atoms with van der Waals surface area (Å²) in [5.41, 5.74) is 21.3. The zero-order valence-corrected chi connectivity index (χ0v) is 42.1. The van der Waals surface area contributed by atoms with Crippen molar-refractivity contribution in [2.45, 2.75) is 57.7 Å². The van der Waals surface area contributed by atoms with Gasteiger partial charge in [0.2, 0.25) is 11.9 Å². The quantitative estimate of drug-likeness (QED) is 0.0906. The maximum atomic E-state index is 13.1. The zero-order chi connectivity index (χ0) is 53.1. The Kier molecular flexibility index (Phi) is 16.7. The molecule has 3 aromatic heterocycles. The Labute approximate surface area is 437 Å². The summed E-state index contributed by atoms with van der Waals surface area (Å²) < 4.78 is 12.5. The molecule has 9 N–H and O–H groups in total. The number of amides is 5. The molecule has 0 unspecified atom stereocenters. The maximum absolute atomic E-state index is 13.1. The van der Waals surface area contributed by atoms with Crippen LogP contribution in [0.4, 0.5) is 34.9 Å². The van der Waals surface area contributed by atoms with Gasteiger partial charge in [-0.15, -0.1) is 25.5 Å². The second-order valence-corrected chi connectivity index (χ2v) is 18.7. The van der Waals surface area contributed by atoms with Crippen LogP contribution in [0.25, 0.3) is 11.0 Å². The lowest BCUT2D eigenvalue weighted by molar-refractivity contribution is 0.0301. The van der Waals surface area contributed by atoms with Crippen LogP contribution in [0.5, 0.6) is 0 Å². The number of ether oxygens (including phenoxy) is 2. The number of nitrogens with two attached hydrogens (primary N) is 3. The van der Waals surface area contributed by atoms with Gasteiger partial charge in [0, 0.05) is 99.1 Å². The van der Waals surface area contributed by atoms with Crippen molar-refractivity contribution < 1.29 is 33.4 Å². The van der Waals surface area contributed by atoms with E-state index >= 15 is 0 Å². The molecule has 398 valence electrons. The highest BCUT2D eigenvalue weighted by molar-refractivity contribution is 5.99. The molecule has 0 bridgehead atoms. The van der Waals surface area contributed by atoms with Gasteiger partial charge in [0.1, 0.15) is 5.52 Å². The number of aromatic nitrogens is 9. The molecular formula is C50H61N19O7. The van der Waals surface area contributed by atoms with Gasteiger partial charge in [-0.2, -0.15) is 9.97 Å². The number of benzene rings is 3. The van der Waals surface area contributed by atoms with Crippen LogP contribution in [0.15, 0.2) is 66.7 Å². The highest BCUT2D eigenvalue weighted by Gasteiger charge is 2.28. The molecule has 10 rings (SSSR count). The van der Waals surface area contributed by atoms with E-state index in [2.05, 4.69) is 63.5 Å². The number of anilines is 6. The summed E-state index contributed by atoms with van der Waals surface area (Å²) >= 11 is 0. The van der Waals surface area contributed by atoms with Crippen LogP contribution in [0.3, 0.4) is 0 Å². The number of primary amides is 2. The number of carbonyl (C=O) groups is 5. The maximum Gasteiger partial charge on any atom is 0.273 e. The summed E-state index contributed by atoms with van der Waals surface area (Å²) in [6.45, 7) is 9.73. The molecule has 0 saturated carbocycles. The Morgan fingerprint density at radius 3 is 1.62 bits per heavy atom. The predicted octanol–water partition coefficient (Wildman–Crippen LogP) is 1.85. The smallest absolute Gasteiger partial charge is 0.273 e. The first-order valence-corrected chi connectivity index (χ1v) is 25.4. The molecular weight excluding hydrogens is 979 g/mol. The van der Waals surface area contributed by atoms with Crippen molar-refractivity contribution in [2.24, 2.45) is 17.2 Å². The van der Waals surface area contributed by atoms with Gasteiger partial charge in [0.15, 0.2) is 23.0 Å². The van der Waals surface area contributed by atoms with E-state index in [9.17, 15) is 24.0 Å². The lowest BCUT2D eigenvalue weighted by Crippen LogP contribution is -2.48. The minimum Gasteiger partial charge on any atom is -0.378 e. The topological polar surface area (TPSA) is 339 Å². The summed E-state index contributed by atoms with van der Waals surface area (Å²) in [5.74, 6) is -0.770. The largest absolute Gasteiger partial charge is 0.378 e. The van der Waals surface area contributed by atoms with E-state index in [4.69, 9.17) is 26.7 Å². The van der Waals surface area contributed by atoms with E-state index in [1.165, 1.54) is 0 Å². The van der Waals surface area contributed by atoms with Crippen LogP contribution in [0.2, 0.25) is 0 Å². The molecule has 4 aliphatic rings. The number of nitrogens with one attached hydrogen (secondary N) is 3. The van der Waals surface area contributed by atoms with Gasteiger partial charge in [0.05, 0.1) is 31.9 Å². The molecule has 2 atom stereocenters. The number of aryl methyl sites for hydroxylation is 1. The van der Waals surface area contributed by atoms with E-state index in [-0.39, 0.29) is 52.8 Å². The van der Waals surface area contributed by atoms with E-state index in [1.54, 1.807) is 70.5 Å². The molecule has 26 heteroatoms. The van der Waals surface area contributed by atoms with Crippen molar-refractivity contribution in [3.8, 4) is 0 Å². The summed E-state index contributed by atoms with van der Waals surface area (Å²) in [6.07, 6.45) is 4.39. The molecule has 7 heterocycles. The summed E-state index contributed by atoms with van der Waals surface area (Å²) in [7, 11) is 0. The first kappa shape index (κ1) is 52.4. The zero-order valence-electron chi connectivity index (χ0n) is 42.1. The SMILES string of the molecule is CCCn1nnc2cc(C(=O)N[C@@H]3CCCN(c4nnc(C(N)=O)c(Nc5ccc(C(=O)N6CCOCC6)cc5)n4)C3)ccc21.NC(=O)c1nnc(N2CCC[C@@H](N)C2)nc1Nc1ccc(C(=O)N2CCOCC2)cc1. The van der Waals surface area contributed by atoms with Crippen LogP contribution >= 0.6 is 0 Å². The highest BCUT2D eigenvalue weighted by Crippen LogP contribution is 2.25. The first-order chi connectivity index (χ1) is 36.9. The van der Waals surface area contributed by atoms with Gasteiger partial charge in [-0.1, -0.05) is 12.1 Å². The molecule has 4 fully saturated rings. The number of hydrogen-bond acceptors (Lipinski definition) is 20. The van der Waals surface area contributed by atoms with Crippen LogP contribution in [-0.2, 0) is 16.0 Å². The fraction of sp³-hybridized carbons (Fsp3) is 0.420. The molecule has 4 saturated heterocycles. The fourth-order valence-corrected chi connectivity index (χ4v) is 9.20. The Hall–Kier alpha value is -8.49. The fourth-order valence-electron chi connectivity index (χ4n) is 9.20. The van der Waals surface area contributed by atoms with E-state index in [0.29, 0.717) is 118 Å². The summed E-state index contributed by atoms with van der Waals surface area (Å²) in [4.78, 5) is 79.0. The third-order valence-corrected chi connectivity index (χ3v) is 13.2. The number of morpholine rings is 2. The Bertz CT molecular complexity index is 3040. The van der Waals surface area contributed by atoms with Gasteiger partial charge in [-0.3, -0.25) is 24.0 Å². The van der Waals surface area contributed by atoms with Gasteiger partial charge < -0.3 is 62.2 Å². The molecule has 3 aromatic carbocycles. The van der Waals surface area contributed by atoms with E-state index in [0.717, 1.165) is 50.7 Å². The van der Waals surface area contributed by atoms with Crippen LogP contribution < -0.4 is 43.0 Å². The lowest BCUT2D eigenvalue weighted by atomic mass is 10.1. The third-order valence-electron chi connectivity index (χ3n) is 13.2. The number of fused-ring (bicyclic) bond motifs is 1. The molecule has 0 radical (unpaired) electrons.